The van der Waals surface area contributed by atoms with Crippen molar-refractivity contribution in [3.8, 4) is 5.75 Å². The van der Waals surface area contributed by atoms with Crippen LogP contribution in [0.4, 0.5) is 5.69 Å². The Morgan fingerprint density at radius 3 is 2.81 bits per heavy atom. The van der Waals surface area contributed by atoms with E-state index in [4.69, 9.17) is 9.47 Å². The second-order valence-electron chi connectivity index (χ2n) is 4.96. The maximum absolute atomic E-state index is 10.8. The van der Waals surface area contributed by atoms with E-state index >= 15 is 0 Å². The molecule has 21 heavy (non-hydrogen) atoms. The molecule has 0 amide bonds. The smallest absolute Gasteiger partial charge is 0.270 e. The molecule has 1 aliphatic rings. The van der Waals surface area contributed by atoms with Crippen LogP contribution in [0.2, 0.25) is 0 Å². The summed E-state index contributed by atoms with van der Waals surface area (Å²) < 4.78 is 10.9. The zero-order valence-corrected chi connectivity index (χ0v) is 12.0. The molecule has 1 aliphatic heterocycles. The first-order chi connectivity index (χ1) is 10.1. The third-order valence-electron chi connectivity index (χ3n) is 3.42. The van der Waals surface area contributed by atoms with Gasteiger partial charge in [0.05, 0.1) is 24.2 Å². The standard InChI is InChI=1S/C14H20N2O5/c1-11(17)13-10-12(16(18)19)2-3-14(13)21-9-6-15-4-7-20-8-5-15/h2-3,10-11,17H,4-9H2,1H3. The van der Waals surface area contributed by atoms with E-state index in [1.165, 1.54) is 12.1 Å². The number of aliphatic hydroxyl groups excluding tert-OH is 1. The number of hydrogen-bond donors (Lipinski definition) is 1. The molecule has 1 fully saturated rings. The van der Waals surface area contributed by atoms with Crippen molar-refractivity contribution >= 4 is 5.69 Å². The minimum Gasteiger partial charge on any atom is -0.492 e. The van der Waals surface area contributed by atoms with Gasteiger partial charge in [0, 0.05) is 37.3 Å². The van der Waals surface area contributed by atoms with E-state index in [0.717, 1.165) is 32.8 Å². The normalized spacial score (nSPS) is 17.4. The van der Waals surface area contributed by atoms with E-state index in [1.807, 2.05) is 0 Å². The molecule has 0 saturated carbocycles. The van der Waals surface area contributed by atoms with Crippen molar-refractivity contribution in [2.45, 2.75) is 13.0 Å². The van der Waals surface area contributed by atoms with Gasteiger partial charge < -0.3 is 14.6 Å². The van der Waals surface area contributed by atoms with Crippen molar-refractivity contribution in [3.63, 3.8) is 0 Å². The fourth-order valence-electron chi connectivity index (χ4n) is 2.22. The van der Waals surface area contributed by atoms with Gasteiger partial charge in [0.2, 0.25) is 0 Å². The second-order valence-corrected chi connectivity index (χ2v) is 4.96. The average Bonchev–Trinajstić information content (AvgIpc) is 2.48. The van der Waals surface area contributed by atoms with Crippen molar-refractivity contribution in [2.75, 3.05) is 39.5 Å². The van der Waals surface area contributed by atoms with E-state index in [0.29, 0.717) is 17.9 Å². The lowest BCUT2D eigenvalue weighted by Gasteiger charge is -2.26. The Bertz CT molecular complexity index is 486. The molecule has 1 aromatic carbocycles. The molecule has 7 nitrogen and oxygen atoms in total. The number of nitro benzene ring substituents is 1. The summed E-state index contributed by atoms with van der Waals surface area (Å²) in [6.45, 7) is 6.03. The van der Waals surface area contributed by atoms with Crippen LogP contribution in [0.1, 0.15) is 18.6 Å². The molecule has 0 aliphatic carbocycles. The number of non-ortho nitro benzene ring substituents is 1. The van der Waals surface area contributed by atoms with Gasteiger partial charge in [0.15, 0.2) is 0 Å². The summed E-state index contributed by atoms with van der Waals surface area (Å²) in [6.07, 6.45) is -0.816. The quantitative estimate of drug-likeness (QED) is 0.630. The summed E-state index contributed by atoms with van der Waals surface area (Å²) in [6, 6.07) is 4.28. The molecule has 1 heterocycles. The van der Waals surface area contributed by atoms with Gasteiger partial charge in [0.1, 0.15) is 12.4 Å². The highest BCUT2D eigenvalue weighted by Crippen LogP contribution is 2.29. The average molecular weight is 296 g/mol. The lowest BCUT2D eigenvalue weighted by atomic mass is 10.1. The molecule has 7 heteroatoms. The van der Waals surface area contributed by atoms with Crippen LogP contribution in [-0.4, -0.2) is 54.4 Å². The largest absolute Gasteiger partial charge is 0.492 e. The highest BCUT2D eigenvalue weighted by atomic mass is 16.6. The molecule has 1 unspecified atom stereocenters. The van der Waals surface area contributed by atoms with Crippen LogP contribution in [0, 0.1) is 10.1 Å². The maximum atomic E-state index is 10.8. The van der Waals surface area contributed by atoms with E-state index in [-0.39, 0.29) is 5.69 Å². The molecule has 2 rings (SSSR count). The minimum atomic E-state index is -0.816. The Balaban J connectivity index is 1.96. The van der Waals surface area contributed by atoms with Crippen molar-refractivity contribution in [3.05, 3.63) is 33.9 Å². The van der Waals surface area contributed by atoms with E-state index in [2.05, 4.69) is 4.90 Å². The number of aliphatic hydroxyl groups is 1. The molecule has 116 valence electrons. The van der Waals surface area contributed by atoms with Gasteiger partial charge in [-0.05, 0) is 13.0 Å². The third-order valence-corrected chi connectivity index (χ3v) is 3.42. The Morgan fingerprint density at radius 1 is 1.48 bits per heavy atom. The molecule has 1 aromatic rings. The van der Waals surface area contributed by atoms with Crippen LogP contribution in [0.3, 0.4) is 0 Å². The molecular weight excluding hydrogens is 276 g/mol. The third kappa shape index (κ3) is 4.38. The van der Waals surface area contributed by atoms with Gasteiger partial charge >= 0.3 is 0 Å². The predicted molar refractivity (Wildman–Crippen MR) is 76.5 cm³/mol. The molecule has 0 radical (unpaired) electrons. The zero-order chi connectivity index (χ0) is 15.2. The molecule has 1 saturated heterocycles. The molecule has 0 aromatic heterocycles. The van der Waals surface area contributed by atoms with E-state index in [1.54, 1.807) is 13.0 Å². The molecular formula is C14H20N2O5. The summed E-state index contributed by atoms with van der Waals surface area (Å²) in [5.74, 6) is 0.490. The first-order valence-electron chi connectivity index (χ1n) is 6.97. The summed E-state index contributed by atoms with van der Waals surface area (Å²) in [5.41, 5.74) is 0.387. The first-order valence-corrected chi connectivity index (χ1v) is 6.97. The van der Waals surface area contributed by atoms with Crippen molar-refractivity contribution in [1.82, 2.24) is 4.90 Å². The summed E-state index contributed by atoms with van der Waals surface area (Å²) in [7, 11) is 0. The lowest BCUT2D eigenvalue weighted by molar-refractivity contribution is -0.385. The highest BCUT2D eigenvalue weighted by Gasteiger charge is 2.16. The van der Waals surface area contributed by atoms with Crippen LogP contribution >= 0.6 is 0 Å². The molecule has 0 bridgehead atoms. The Kier molecular flexibility index (Phi) is 5.49. The first kappa shape index (κ1) is 15.7. The van der Waals surface area contributed by atoms with Crippen LogP contribution < -0.4 is 4.74 Å². The Labute approximate surface area is 123 Å². The van der Waals surface area contributed by atoms with Crippen LogP contribution in [-0.2, 0) is 4.74 Å². The lowest BCUT2D eigenvalue weighted by Crippen LogP contribution is -2.38. The number of morpholine rings is 1. The monoisotopic (exact) mass is 296 g/mol. The number of benzene rings is 1. The molecule has 0 spiro atoms. The topological polar surface area (TPSA) is 85.1 Å². The van der Waals surface area contributed by atoms with Gasteiger partial charge in [-0.25, -0.2) is 0 Å². The SMILES string of the molecule is CC(O)c1cc([N+](=O)[O-])ccc1OCCN1CCOCC1. The zero-order valence-electron chi connectivity index (χ0n) is 12.0. The van der Waals surface area contributed by atoms with Crippen molar-refractivity contribution in [1.29, 1.82) is 0 Å². The number of rotatable bonds is 6. The van der Waals surface area contributed by atoms with Crippen LogP contribution in [0.5, 0.6) is 5.75 Å². The van der Waals surface area contributed by atoms with Crippen LogP contribution in [0.15, 0.2) is 18.2 Å². The fourth-order valence-corrected chi connectivity index (χ4v) is 2.22. The number of nitrogens with zero attached hydrogens (tertiary/aromatic N) is 2. The van der Waals surface area contributed by atoms with Gasteiger partial charge in [-0.3, -0.25) is 15.0 Å². The number of nitro groups is 1. The summed E-state index contributed by atoms with van der Waals surface area (Å²) in [4.78, 5) is 12.5. The van der Waals surface area contributed by atoms with Gasteiger partial charge in [-0.2, -0.15) is 0 Å². The predicted octanol–water partition coefficient (Wildman–Crippen LogP) is 1.36. The van der Waals surface area contributed by atoms with Crippen molar-refractivity contribution < 1.29 is 19.5 Å². The summed E-state index contributed by atoms with van der Waals surface area (Å²) in [5, 5.41) is 20.5. The van der Waals surface area contributed by atoms with Gasteiger partial charge in [-0.1, -0.05) is 0 Å². The Hall–Kier alpha value is -1.70. The van der Waals surface area contributed by atoms with Gasteiger partial charge in [0.25, 0.3) is 5.69 Å². The van der Waals surface area contributed by atoms with Crippen molar-refractivity contribution in [2.24, 2.45) is 0 Å². The molecule has 1 atom stereocenters. The maximum Gasteiger partial charge on any atom is 0.270 e. The number of hydrogen-bond acceptors (Lipinski definition) is 6. The summed E-state index contributed by atoms with van der Waals surface area (Å²) >= 11 is 0. The van der Waals surface area contributed by atoms with Gasteiger partial charge in [-0.15, -0.1) is 0 Å². The van der Waals surface area contributed by atoms with Crippen LogP contribution in [0.25, 0.3) is 0 Å². The molecule has 1 N–H and O–H groups in total. The van der Waals surface area contributed by atoms with E-state index < -0.39 is 11.0 Å². The highest BCUT2D eigenvalue weighted by molar-refractivity contribution is 5.44. The fraction of sp³-hybridized carbons (Fsp3) is 0.571. The Morgan fingerprint density at radius 2 is 2.19 bits per heavy atom. The minimum absolute atomic E-state index is 0.0496. The second kappa shape index (κ2) is 7.35. The number of ether oxygens (including phenoxy) is 2. The van der Waals surface area contributed by atoms with E-state index in [9.17, 15) is 15.2 Å².